The second kappa shape index (κ2) is 9.60. The Morgan fingerprint density at radius 2 is 1.66 bits per heavy atom. The monoisotopic (exact) mass is 472 g/mol. The first-order valence-electron chi connectivity index (χ1n) is 9.89. The number of carbonyl (C=O) groups is 1. The highest BCUT2D eigenvalue weighted by atomic mass is 35.5. The Labute approximate surface area is 191 Å². The Morgan fingerprint density at radius 1 is 0.938 bits per heavy atom. The van der Waals surface area contributed by atoms with E-state index in [1.165, 1.54) is 24.3 Å². The smallest absolute Gasteiger partial charge is 0.241 e. The lowest BCUT2D eigenvalue weighted by molar-refractivity contribution is -0.122. The summed E-state index contributed by atoms with van der Waals surface area (Å²) >= 11 is 5.86. The van der Waals surface area contributed by atoms with E-state index in [0.717, 1.165) is 11.1 Å². The van der Waals surface area contributed by atoms with E-state index in [1.54, 1.807) is 12.1 Å². The number of sulfonamides is 1. The molecule has 7 nitrogen and oxygen atoms in total. The van der Waals surface area contributed by atoms with Crippen molar-refractivity contribution in [1.29, 1.82) is 0 Å². The Bertz CT molecular complexity index is 1200. The van der Waals surface area contributed by atoms with Crippen molar-refractivity contribution in [2.45, 2.75) is 23.9 Å². The molecule has 1 aliphatic heterocycles. The van der Waals surface area contributed by atoms with Crippen LogP contribution in [0.25, 0.3) is 0 Å². The normalized spacial score (nSPS) is 13.5. The summed E-state index contributed by atoms with van der Waals surface area (Å²) in [4.78, 5) is 13.0. The molecule has 0 fully saturated rings. The zero-order chi connectivity index (χ0) is 22.6. The zero-order valence-corrected chi connectivity index (χ0v) is 18.5. The van der Waals surface area contributed by atoms with Gasteiger partial charge in [-0.15, -0.1) is 0 Å². The van der Waals surface area contributed by atoms with Gasteiger partial charge in [0.15, 0.2) is 11.5 Å². The molecule has 3 aromatic rings. The average Bonchev–Trinajstić information content (AvgIpc) is 3.26. The molecule has 9 heteroatoms. The molecule has 32 heavy (non-hydrogen) atoms. The van der Waals surface area contributed by atoms with Crippen LogP contribution in [0.3, 0.4) is 0 Å². The molecular weight excluding hydrogens is 452 g/mol. The van der Waals surface area contributed by atoms with Crippen molar-refractivity contribution in [2.75, 3.05) is 6.79 Å². The molecule has 0 spiro atoms. The molecule has 2 N–H and O–H groups in total. The van der Waals surface area contributed by atoms with E-state index in [9.17, 15) is 13.2 Å². The van der Waals surface area contributed by atoms with E-state index in [2.05, 4.69) is 10.0 Å². The molecule has 1 atom stereocenters. The van der Waals surface area contributed by atoms with E-state index in [1.807, 2.05) is 36.4 Å². The number of hydrogen-bond donors (Lipinski definition) is 2. The van der Waals surface area contributed by atoms with E-state index in [0.29, 0.717) is 16.5 Å². The number of ether oxygens (including phenoxy) is 2. The predicted molar refractivity (Wildman–Crippen MR) is 120 cm³/mol. The van der Waals surface area contributed by atoms with Gasteiger partial charge in [0.1, 0.15) is 6.04 Å². The number of rotatable bonds is 8. The van der Waals surface area contributed by atoms with Crippen molar-refractivity contribution in [2.24, 2.45) is 0 Å². The van der Waals surface area contributed by atoms with Crippen LogP contribution in [-0.4, -0.2) is 27.2 Å². The first-order chi connectivity index (χ1) is 15.4. The van der Waals surface area contributed by atoms with Crippen LogP contribution in [0.15, 0.2) is 77.7 Å². The van der Waals surface area contributed by atoms with Crippen LogP contribution in [0.2, 0.25) is 5.02 Å². The van der Waals surface area contributed by atoms with Crippen molar-refractivity contribution in [3.63, 3.8) is 0 Å². The third-order valence-electron chi connectivity index (χ3n) is 4.92. The van der Waals surface area contributed by atoms with Gasteiger partial charge in [0.25, 0.3) is 0 Å². The molecule has 1 unspecified atom stereocenters. The van der Waals surface area contributed by atoms with Crippen LogP contribution in [0.1, 0.15) is 11.1 Å². The number of carbonyl (C=O) groups excluding carboxylic acids is 1. The lowest BCUT2D eigenvalue weighted by Crippen LogP contribution is -2.47. The average molecular weight is 473 g/mol. The largest absolute Gasteiger partial charge is 0.454 e. The molecular formula is C23H21ClN2O5S. The fourth-order valence-electron chi connectivity index (χ4n) is 3.27. The van der Waals surface area contributed by atoms with Crippen LogP contribution in [0, 0.1) is 0 Å². The van der Waals surface area contributed by atoms with Crippen LogP contribution >= 0.6 is 11.6 Å². The van der Waals surface area contributed by atoms with Gasteiger partial charge in [-0.2, -0.15) is 4.72 Å². The first kappa shape index (κ1) is 22.1. The SMILES string of the molecule is O=C(NCc1ccc2c(c1)OCO2)C(Cc1ccccc1)NS(=O)(=O)c1ccc(Cl)cc1. The quantitative estimate of drug-likeness (QED) is 0.524. The minimum absolute atomic E-state index is 0.0310. The summed E-state index contributed by atoms with van der Waals surface area (Å²) in [5.41, 5.74) is 1.64. The van der Waals surface area contributed by atoms with E-state index >= 15 is 0 Å². The van der Waals surface area contributed by atoms with E-state index < -0.39 is 22.0 Å². The minimum Gasteiger partial charge on any atom is -0.454 e. The maximum Gasteiger partial charge on any atom is 0.241 e. The second-order valence-electron chi connectivity index (χ2n) is 7.22. The highest BCUT2D eigenvalue weighted by Gasteiger charge is 2.26. The van der Waals surface area contributed by atoms with Gasteiger partial charge >= 0.3 is 0 Å². The summed E-state index contributed by atoms with van der Waals surface area (Å²) in [6.07, 6.45) is 0.195. The van der Waals surface area contributed by atoms with Crippen molar-refractivity contribution in [3.05, 3.63) is 88.9 Å². The van der Waals surface area contributed by atoms with Gasteiger partial charge < -0.3 is 14.8 Å². The number of fused-ring (bicyclic) bond motifs is 1. The van der Waals surface area contributed by atoms with Crippen LogP contribution in [0.4, 0.5) is 0 Å². The molecule has 3 aromatic carbocycles. The zero-order valence-electron chi connectivity index (χ0n) is 17.0. The highest BCUT2D eigenvalue weighted by Crippen LogP contribution is 2.32. The maximum atomic E-state index is 13.0. The molecule has 0 aliphatic carbocycles. The third kappa shape index (κ3) is 5.40. The topological polar surface area (TPSA) is 93.7 Å². The number of halogens is 1. The molecule has 0 aromatic heterocycles. The fraction of sp³-hybridized carbons (Fsp3) is 0.174. The first-order valence-corrected chi connectivity index (χ1v) is 11.7. The summed E-state index contributed by atoms with van der Waals surface area (Å²) < 4.78 is 39.0. The third-order valence-corrected chi connectivity index (χ3v) is 6.66. The standard InChI is InChI=1S/C23H21ClN2O5S/c24-18-7-9-19(10-8-18)32(28,29)26-20(12-16-4-2-1-3-5-16)23(27)25-14-17-6-11-21-22(13-17)31-15-30-21/h1-11,13,20,26H,12,14-15H2,(H,25,27). The van der Waals surface area contributed by atoms with Gasteiger partial charge in [-0.25, -0.2) is 8.42 Å². The molecule has 1 amide bonds. The fourth-order valence-corrected chi connectivity index (χ4v) is 4.59. The molecule has 166 valence electrons. The summed E-state index contributed by atoms with van der Waals surface area (Å²) in [5.74, 6) is 0.822. The lowest BCUT2D eigenvalue weighted by Gasteiger charge is -2.19. The highest BCUT2D eigenvalue weighted by molar-refractivity contribution is 7.89. The van der Waals surface area contributed by atoms with Crippen molar-refractivity contribution in [3.8, 4) is 11.5 Å². The van der Waals surface area contributed by atoms with Crippen LogP contribution in [0.5, 0.6) is 11.5 Å². The minimum atomic E-state index is -3.94. The number of benzene rings is 3. The van der Waals surface area contributed by atoms with Gasteiger partial charge in [0, 0.05) is 11.6 Å². The van der Waals surface area contributed by atoms with E-state index in [-0.39, 0.29) is 24.7 Å². The van der Waals surface area contributed by atoms with Crippen LogP contribution < -0.4 is 19.5 Å². The summed E-state index contributed by atoms with van der Waals surface area (Å²) in [6, 6.07) is 19.4. The Morgan fingerprint density at radius 3 is 2.41 bits per heavy atom. The molecule has 1 aliphatic rings. The summed E-state index contributed by atoms with van der Waals surface area (Å²) in [7, 11) is -3.94. The number of amides is 1. The summed E-state index contributed by atoms with van der Waals surface area (Å²) in [6.45, 7) is 0.375. The Hall–Kier alpha value is -3.07. The second-order valence-corrected chi connectivity index (χ2v) is 9.37. The molecule has 4 rings (SSSR count). The predicted octanol–water partition coefficient (Wildman–Crippen LogP) is 3.27. The van der Waals surface area contributed by atoms with Gasteiger partial charge in [0.2, 0.25) is 22.7 Å². The molecule has 1 heterocycles. The van der Waals surface area contributed by atoms with Crippen molar-refractivity contribution < 1.29 is 22.7 Å². The number of nitrogens with one attached hydrogen (secondary N) is 2. The molecule has 0 saturated heterocycles. The van der Waals surface area contributed by atoms with Crippen LogP contribution in [-0.2, 0) is 27.8 Å². The van der Waals surface area contributed by atoms with Crippen molar-refractivity contribution >= 4 is 27.5 Å². The summed E-state index contributed by atoms with van der Waals surface area (Å²) in [5, 5.41) is 3.23. The Balaban J connectivity index is 1.50. The van der Waals surface area contributed by atoms with E-state index in [4.69, 9.17) is 21.1 Å². The maximum absolute atomic E-state index is 13.0. The van der Waals surface area contributed by atoms with Gasteiger partial charge in [-0.3, -0.25) is 4.79 Å². The molecule has 0 radical (unpaired) electrons. The molecule has 0 bridgehead atoms. The molecule has 0 saturated carbocycles. The van der Waals surface area contributed by atoms with Gasteiger partial charge in [0.05, 0.1) is 4.90 Å². The number of hydrogen-bond acceptors (Lipinski definition) is 5. The Kier molecular flexibility index (Phi) is 6.64. The van der Waals surface area contributed by atoms with Gasteiger partial charge in [-0.1, -0.05) is 48.0 Å². The lowest BCUT2D eigenvalue weighted by atomic mass is 10.1. The van der Waals surface area contributed by atoms with Gasteiger partial charge in [-0.05, 0) is 53.9 Å². The van der Waals surface area contributed by atoms with Crippen molar-refractivity contribution in [1.82, 2.24) is 10.0 Å².